The van der Waals surface area contributed by atoms with Crippen LogP contribution < -0.4 is 42.5 Å². The molecule has 0 saturated carbocycles. The Morgan fingerprint density at radius 2 is 0.812 bits per heavy atom. The molecule has 11 N–H and O–H groups in total. The van der Waals surface area contributed by atoms with Crippen LogP contribution in [0, 0.1) is 47.0 Å². The summed E-state index contributed by atoms with van der Waals surface area (Å²) in [5.74, 6) is -3.68. The average molecular weight is 1810 g/mol. The van der Waals surface area contributed by atoms with E-state index >= 15 is 0 Å². The fraction of sp³-hybridized carbons (Fsp3) is 0.310. The third-order valence-corrected chi connectivity index (χ3v) is 22.7. The van der Waals surface area contributed by atoms with Crippen molar-refractivity contribution in [2.45, 2.75) is 123 Å². The summed E-state index contributed by atoms with van der Waals surface area (Å²) in [5.41, 5.74) is 6.97. The number of rotatable bonds is 16. The van der Waals surface area contributed by atoms with Crippen molar-refractivity contribution in [3.8, 4) is 50.8 Å². The fourth-order valence-electron chi connectivity index (χ4n) is 14.9. The Hall–Kier alpha value is -14.1. The molecule has 6 bridgehead atoms. The number of nitrogens with one attached hydrogen (secondary N) is 11. The Balaban J connectivity index is 0.000000164. The van der Waals surface area contributed by atoms with Crippen molar-refractivity contribution in [1.82, 2.24) is 90.8 Å². The lowest BCUT2D eigenvalue weighted by Crippen LogP contribution is -2.31. The Bertz CT molecular complexity index is 5880. The minimum Gasteiger partial charge on any atom is -0.469 e. The second kappa shape index (κ2) is 41.3. The molecule has 6 atom stereocenters. The van der Waals surface area contributed by atoms with E-state index in [2.05, 4.69) is 103 Å². The number of imidazole rings is 3. The second-order valence-electron chi connectivity index (χ2n) is 30.9. The van der Waals surface area contributed by atoms with E-state index in [4.69, 9.17) is 49.0 Å². The number of benzene rings is 6. The predicted molar refractivity (Wildman–Crippen MR) is 467 cm³/mol. The van der Waals surface area contributed by atoms with Gasteiger partial charge in [0.2, 0.25) is 17.7 Å². The molecule has 666 valence electrons. The van der Waals surface area contributed by atoms with Crippen molar-refractivity contribution in [3.05, 3.63) is 219 Å². The van der Waals surface area contributed by atoms with Crippen LogP contribution in [0.1, 0.15) is 171 Å². The zero-order valence-corrected chi connectivity index (χ0v) is 72.6. The molecule has 8 amide bonds. The van der Waals surface area contributed by atoms with Gasteiger partial charge >= 0.3 is 18.2 Å². The number of esters is 1. The number of methoxy groups -OCH3 is 3. The average Bonchev–Trinajstić information content (AvgIpc) is 0.883. The number of anilines is 5. The van der Waals surface area contributed by atoms with Gasteiger partial charge in [-0.1, -0.05) is 135 Å². The third kappa shape index (κ3) is 21.8. The quantitative estimate of drug-likeness (QED) is 0.0316. The van der Waals surface area contributed by atoms with Gasteiger partial charge in [-0.2, -0.15) is 0 Å². The number of H-pyrrole nitrogens is 3. The highest BCUT2D eigenvalue weighted by Gasteiger charge is 2.33. The summed E-state index contributed by atoms with van der Waals surface area (Å²) in [6.45, 7) is 9.88. The van der Waals surface area contributed by atoms with E-state index in [-0.39, 0.29) is 109 Å². The number of amides is 8. The second-order valence-corrected chi connectivity index (χ2v) is 32.2. The van der Waals surface area contributed by atoms with Crippen molar-refractivity contribution >= 4 is 117 Å². The number of hydrogen-bond donors (Lipinski definition) is 11. The highest BCUT2D eigenvalue weighted by atomic mass is 35.5. The smallest absolute Gasteiger partial charge is 0.411 e. The number of hydrogen-bond acceptors (Lipinski definition) is 21. The molecule has 15 rings (SSSR count). The first-order valence-electron chi connectivity index (χ1n) is 40.8. The molecule has 3 aliphatic rings. The van der Waals surface area contributed by atoms with E-state index in [1.807, 2.05) is 34.6 Å². The molecule has 0 aliphatic carbocycles. The SMILES string of the molecule is CC[C@@H]1CCC[C@H](NC(=O)c2cn(-c3cccc(Cl)c3F)nn2)c2ncc([nH]2)-c2ccc(CC(=O)OC)cc2NC1=O.COC(=O)Nc1ccc2c(c1)NC(=O)C(C(C)C)CCC[C@H](NC(=O)c1cn(-c3cccc(Cl)c3F)nn1)c1ncc-2[nH]1.COC(=O)Nc1ccc2c(c1)NC(=O)C(C(C)C)CCC[C@H](NC(=O)c1cn(-c3cccc(Cl)c3F)nn1)c1ncc-2[nH]1. The minimum atomic E-state index is -0.680. The van der Waals surface area contributed by atoms with Crippen LogP contribution in [0.15, 0.2) is 146 Å². The van der Waals surface area contributed by atoms with Gasteiger partial charge in [0.15, 0.2) is 34.5 Å². The number of halogens is 6. The maximum atomic E-state index is 14.5. The molecular formula is C87H89Cl3F3N23O12. The molecule has 41 heteroatoms. The summed E-state index contributed by atoms with van der Waals surface area (Å²) in [5, 5.41) is 46.4. The van der Waals surface area contributed by atoms with Crippen molar-refractivity contribution < 1.29 is 70.5 Å². The maximum Gasteiger partial charge on any atom is 0.411 e. The summed E-state index contributed by atoms with van der Waals surface area (Å²) in [6.07, 6.45) is 13.3. The molecule has 12 aromatic rings. The molecule has 3 aliphatic heterocycles. The Kier molecular flexibility index (Phi) is 29.6. The van der Waals surface area contributed by atoms with Crippen LogP contribution in [0.3, 0.4) is 0 Å². The van der Waals surface area contributed by atoms with E-state index in [0.717, 1.165) is 14.0 Å². The predicted octanol–water partition coefficient (Wildman–Crippen LogP) is 15.8. The summed E-state index contributed by atoms with van der Waals surface area (Å²) < 4.78 is 61.1. The first-order chi connectivity index (χ1) is 61.5. The van der Waals surface area contributed by atoms with Crippen molar-refractivity contribution in [3.63, 3.8) is 0 Å². The van der Waals surface area contributed by atoms with Gasteiger partial charge in [0.05, 0.1) is 132 Å². The van der Waals surface area contributed by atoms with Crippen LogP contribution in [0.25, 0.3) is 50.8 Å². The van der Waals surface area contributed by atoms with Crippen LogP contribution in [0.2, 0.25) is 15.1 Å². The molecule has 9 heterocycles. The van der Waals surface area contributed by atoms with E-state index in [9.17, 15) is 56.3 Å². The summed E-state index contributed by atoms with van der Waals surface area (Å²) in [7, 11) is 3.85. The van der Waals surface area contributed by atoms with Gasteiger partial charge in [-0.05, 0) is 141 Å². The standard InChI is InChI=1S/2C29H30ClFN8O4.C29H29ClFN7O4/c2*1-15(2)17-6-4-8-20(35-28(41)23-14-39(38-37-23)24-9-5-7-19(30)25(24)31)26-32-13-22(34-26)18-11-10-16(33-29(42)43-3)12-21(18)36-27(17)40;1-3-17-6-4-8-20(34-29(41)23-15-38(37-36-23)24-9-5-7-19(30)26(24)31)27-32-14-22(33-27)18-11-10-16(13-25(39)42-2)12-21(18)35-28(17)40/h2*5,7,9-15,17,20H,4,6,8H2,1-3H3,(H,32,34)(H,33,42)(H,35,41)(H,36,40);5,7,9-12,14-15,17,20H,3-4,6,8,13H2,1-2H3,(H,32,33)(H,34,41)(H,35,40)/t2*17?,20-;17-,20+/m001/s1. The lowest BCUT2D eigenvalue weighted by Gasteiger charge is -2.23. The molecule has 2 unspecified atom stereocenters. The minimum absolute atomic E-state index is 0.0124. The van der Waals surface area contributed by atoms with Gasteiger partial charge in [-0.3, -0.25) is 44.2 Å². The van der Waals surface area contributed by atoms with Crippen molar-refractivity contribution in [2.24, 2.45) is 29.6 Å². The van der Waals surface area contributed by atoms with Crippen LogP contribution in [0.4, 0.5) is 51.2 Å². The van der Waals surface area contributed by atoms with Crippen molar-refractivity contribution in [2.75, 3.05) is 47.9 Å². The van der Waals surface area contributed by atoms with Crippen molar-refractivity contribution in [1.29, 1.82) is 0 Å². The molecular weight excluding hydrogens is 1720 g/mol. The number of ether oxygens (including phenoxy) is 3. The number of aromatic nitrogens is 15. The zero-order chi connectivity index (χ0) is 91.1. The summed E-state index contributed by atoms with van der Waals surface area (Å²) >= 11 is 17.7. The molecule has 0 saturated heterocycles. The number of carbonyl (C=O) groups is 9. The Morgan fingerprint density at radius 3 is 1.16 bits per heavy atom. The van der Waals surface area contributed by atoms with Gasteiger partial charge in [-0.15, -0.1) is 15.3 Å². The maximum absolute atomic E-state index is 14.5. The highest BCUT2D eigenvalue weighted by molar-refractivity contribution is 6.31. The fourth-order valence-corrected chi connectivity index (χ4v) is 15.4. The Morgan fingerprint density at radius 1 is 0.461 bits per heavy atom. The molecule has 0 spiro atoms. The van der Waals surface area contributed by atoms with E-state index in [1.54, 1.807) is 91.4 Å². The molecule has 0 radical (unpaired) electrons. The van der Waals surface area contributed by atoms with Gasteiger partial charge in [-0.25, -0.2) is 51.8 Å². The number of nitrogens with zero attached hydrogens (tertiary/aromatic N) is 12. The van der Waals surface area contributed by atoms with Gasteiger partial charge < -0.3 is 61.1 Å². The van der Waals surface area contributed by atoms with Gasteiger partial charge in [0, 0.05) is 45.8 Å². The number of fused-ring (bicyclic) bond motifs is 12. The Labute approximate surface area is 744 Å². The molecule has 35 nitrogen and oxygen atoms in total. The molecule has 6 aromatic carbocycles. The van der Waals surface area contributed by atoms with E-state index < -0.39 is 65.5 Å². The van der Waals surface area contributed by atoms with Crippen LogP contribution >= 0.6 is 34.8 Å². The molecule has 0 fully saturated rings. The van der Waals surface area contributed by atoms with E-state index in [1.165, 1.54) is 76.3 Å². The van der Waals surface area contributed by atoms with E-state index in [0.29, 0.717) is 149 Å². The van der Waals surface area contributed by atoms with Gasteiger partial charge in [0.25, 0.3) is 17.7 Å². The van der Waals surface area contributed by atoms with Crippen LogP contribution in [-0.2, 0) is 39.8 Å². The number of carbonyl (C=O) groups excluding carboxylic acids is 9. The molecule has 128 heavy (non-hydrogen) atoms. The topological polar surface area (TPSA) is 456 Å². The largest absolute Gasteiger partial charge is 0.469 e. The van der Waals surface area contributed by atoms with Gasteiger partial charge in [0.1, 0.15) is 34.5 Å². The lowest BCUT2D eigenvalue weighted by atomic mass is 9.88. The lowest BCUT2D eigenvalue weighted by molar-refractivity contribution is -0.139. The molecule has 6 aromatic heterocycles. The number of aromatic amines is 3. The monoisotopic (exact) mass is 1810 g/mol. The summed E-state index contributed by atoms with van der Waals surface area (Å²) in [4.78, 5) is 139. The first kappa shape index (κ1) is 91.6. The summed E-state index contributed by atoms with van der Waals surface area (Å²) in [6, 6.07) is 27.3. The third-order valence-electron chi connectivity index (χ3n) is 21.8. The van der Waals surface area contributed by atoms with Crippen LogP contribution in [0.5, 0.6) is 0 Å². The van der Waals surface area contributed by atoms with Crippen LogP contribution in [-0.4, -0.2) is 150 Å². The first-order valence-corrected chi connectivity index (χ1v) is 42.0. The highest BCUT2D eigenvalue weighted by Crippen LogP contribution is 2.39. The zero-order valence-electron chi connectivity index (χ0n) is 70.3. The normalized spacial score (nSPS) is 16.9.